The van der Waals surface area contributed by atoms with Gasteiger partial charge >= 0.3 is 0 Å². The number of thiophene rings is 1. The van der Waals surface area contributed by atoms with Crippen LogP contribution in [-0.4, -0.2) is 6.54 Å². The molecule has 3 heterocycles. The molecule has 0 bridgehead atoms. The van der Waals surface area contributed by atoms with Gasteiger partial charge in [-0.1, -0.05) is 109 Å². The van der Waals surface area contributed by atoms with Crippen molar-refractivity contribution in [3.63, 3.8) is 0 Å². The van der Waals surface area contributed by atoms with Crippen molar-refractivity contribution >= 4 is 71.5 Å². The second kappa shape index (κ2) is 10.5. The van der Waals surface area contributed by atoms with Crippen LogP contribution in [-0.2, 0) is 0 Å². The maximum absolute atomic E-state index is 6.17. The van der Waals surface area contributed by atoms with Crippen molar-refractivity contribution in [1.29, 1.82) is 0 Å². The smallest absolute Gasteiger partial charge is 0.201 e. The van der Waals surface area contributed by atoms with Gasteiger partial charge in [0, 0.05) is 44.3 Å². The number of hydrogen-bond donors (Lipinski definition) is 1. The molecule has 0 amide bonds. The Kier molecular flexibility index (Phi) is 6.06. The average Bonchev–Trinajstić information content (AvgIpc) is 3.69. The Balaban J connectivity index is 1.19. The molecular formula is C41H28N2OS. The Morgan fingerprint density at radius 3 is 2.11 bits per heavy atom. The standard InChI is InChI=1S/C41H28N2OS/c1-2-9-27(10-3-1)28-18-22-30(23-19-28)43(36-15-6-13-34-33-11-4-5-17-38(33)45-40(34)36)31-24-20-29(21-25-31)32-12-7-16-37-39(32)35-14-8-26-42-41(35)44-37/h1-25,42H,26H2. The van der Waals surface area contributed by atoms with Crippen LogP contribution in [0.1, 0.15) is 5.56 Å². The number of nitrogens with zero attached hydrogens (tertiary/aromatic N) is 1. The first-order valence-corrected chi connectivity index (χ1v) is 16.1. The molecule has 9 rings (SSSR count). The molecule has 4 heteroatoms. The van der Waals surface area contributed by atoms with Crippen molar-refractivity contribution < 1.29 is 4.42 Å². The van der Waals surface area contributed by atoms with E-state index in [0.29, 0.717) is 0 Å². The number of nitrogens with one attached hydrogen (secondary N) is 1. The third kappa shape index (κ3) is 4.34. The molecule has 8 aromatic rings. The van der Waals surface area contributed by atoms with Gasteiger partial charge in [-0.05, 0) is 64.7 Å². The molecule has 1 N–H and O–H groups in total. The molecule has 1 aliphatic rings. The van der Waals surface area contributed by atoms with E-state index in [1.165, 1.54) is 42.6 Å². The normalized spacial score (nSPS) is 12.4. The van der Waals surface area contributed by atoms with Gasteiger partial charge in [0.15, 0.2) is 0 Å². The van der Waals surface area contributed by atoms with E-state index in [0.717, 1.165) is 45.9 Å². The van der Waals surface area contributed by atoms with E-state index in [4.69, 9.17) is 4.42 Å². The predicted molar refractivity (Wildman–Crippen MR) is 192 cm³/mol. The molecule has 0 unspecified atom stereocenters. The SMILES string of the molecule is C1=Cc2c(oc3cccc(-c4ccc(N(c5ccc(-c6ccccc6)cc5)c5cccc6c5sc5ccccc56)cc4)c23)NC1. The first kappa shape index (κ1) is 25.9. The lowest BCUT2D eigenvalue weighted by atomic mass is 9.97. The van der Waals surface area contributed by atoms with E-state index in [1.54, 1.807) is 0 Å². The lowest BCUT2D eigenvalue weighted by molar-refractivity contribution is 0.628. The number of rotatable bonds is 5. The first-order chi connectivity index (χ1) is 22.3. The summed E-state index contributed by atoms with van der Waals surface area (Å²) >= 11 is 1.86. The van der Waals surface area contributed by atoms with E-state index in [1.807, 2.05) is 17.4 Å². The molecule has 0 spiro atoms. The molecule has 0 aliphatic carbocycles. The minimum Gasteiger partial charge on any atom is -0.440 e. The second-order valence-corrected chi connectivity index (χ2v) is 12.4. The van der Waals surface area contributed by atoms with Crippen molar-refractivity contribution in [3.8, 4) is 22.3 Å². The van der Waals surface area contributed by atoms with Gasteiger partial charge in [-0.3, -0.25) is 0 Å². The molecule has 0 saturated heterocycles. The Morgan fingerprint density at radius 2 is 1.29 bits per heavy atom. The highest BCUT2D eigenvalue weighted by molar-refractivity contribution is 7.26. The molecule has 0 atom stereocenters. The molecule has 0 fully saturated rings. The zero-order valence-electron chi connectivity index (χ0n) is 24.4. The predicted octanol–water partition coefficient (Wildman–Crippen LogP) is 12.0. The molecule has 45 heavy (non-hydrogen) atoms. The summed E-state index contributed by atoms with van der Waals surface area (Å²) in [6, 6.07) is 50.1. The van der Waals surface area contributed by atoms with Gasteiger partial charge in [0.2, 0.25) is 5.88 Å². The molecular weight excluding hydrogens is 569 g/mol. The lowest BCUT2D eigenvalue weighted by Gasteiger charge is -2.26. The van der Waals surface area contributed by atoms with Crippen LogP contribution in [0.2, 0.25) is 0 Å². The van der Waals surface area contributed by atoms with Crippen molar-refractivity contribution in [2.45, 2.75) is 0 Å². The Hall–Kier alpha value is -5.58. The molecule has 0 saturated carbocycles. The third-order valence-corrected chi connectivity index (χ3v) is 9.92. The summed E-state index contributed by atoms with van der Waals surface area (Å²) < 4.78 is 8.75. The first-order valence-electron chi connectivity index (χ1n) is 15.2. The number of anilines is 4. The molecule has 6 aromatic carbocycles. The zero-order chi connectivity index (χ0) is 29.7. The fourth-order valence-electron chi connectivity index (χ4n) is 6.59. The van der Waals surface area contributed by atoms with Gasteiger partial charge < -0.3 is 14.6 Å². The Morgan fingerprint density at radius 1 is 0.600 bits per heavy atom. The topological polar surface area (TPSA) is 28.4 Å². The van der Waals surface area contributed by atoms with Crippen LogP contribution in [0.4, 0.5) is 22.9 Å². The van der Waals surface area contributed by atoms with E-state index < -0.39 is 0 Å². The summed E-state index contributed by atoms with van der Waals surface area (Å²) in [7, 11) is 0. The van der Waals surface area contributed by atoms with Crippen molar-refractivity contribution in [1.82, 2.24) is 0 Å². The molecule has 0 radical (unpaired) electrons. The van der Waals surface area contributed by atoms with Gasteiger partial charge in [-0.2, -0.15) is 0 Å². The fraction of sp³-hybridized carbons (Fsp3) is 0.0244. The molecule has 1 aliphatic heterocycles. The van der Waals surface area contributed by atoms with Crippen LogP contribution < -0.4 is 10.2 Å². The molecule has 214 valence electrons. The molecule has 3 nitrogen and oxygen atoms in total. The van der Waals surface area contributed by atoms with E-state index in [9.17, 15) is 0 Å². The van der Waals surface area contributed by atoms with Crippen LogP contribution in [0.5, 0.6) is 0 Å². The van der Waals surface area contributed by atoms with Gasteiger partial charge in [0.25, 0.3) is 0 Å². The highest BCUT2D eigenvalue weighted by atomic mass is 32.1. The minimum absolute atomic E-state index is 0.783. The van der Waals surface area contributed by atoms with Crippen molar-refractivity contribution in [3.05, 3.63) is 151 Å². The van der Waals surface area contributed by atoms with Gasteiger partial charge in [0.1, 0.15) is 5.58 Å². The van der Waals surface area contributed by atoms with Crippen LogP contribution in [0.15, 0.2) is 150 Å². The number of fused-ring (bicyclic) bond motifs is 6. The summed E-state index contributed by atoms with van der Waals surface area (Å²) in [5.41, 5.74) is 10.2. The quantitative estimate of drug-likeness (QED) is 0.214. The van der Waals surface area contributed by atoms with Crippen LogP contribution in [0.3, 0.4) is 0 Å². The minimum atomic E-state index is 0.783. The number of hydrogen-bond acceptors (Lipinski definition) is 4. The van der Waals surface area contributed by atoms with E-state index in [-0.39, 0.29) is 0 Å². The average molecular weight is 597 g/mol. The summed E-state index contributed by atoms with van der Waals surface area (Å²) in [5.74, 6) is 0.845. The largest absolute Gasteiger partial charge is 0.440 e. The van der Waals surface area contributed by atoms with Gasteiger partial charge in [-0.15, -0.1) is 11.3 Å². The maximum atomic E-state index is 6.17. The van der Waals surface area contributed by atoms with E-state index >= 15 is 0 Å². The summed E-state index contributed by atoms with van der Waals surface area (Å²) in [5, 5.41) is 7.10. The van der Waals surface area contributed by atoms with Gasteiger partial charge in [-0.25, -0.2) is 0 Å². The van der Waals surface area contributed by atoms with Crippen molar-refractivity contribution in [2.24, 2.45) is 0 Å². The van der Waals surface area contributed by atoms with Gasteiger partial charge in [0.05, 0.1) is 10.4 Å². The summed E-state index contributed by atoms with van der Waals surface area (Å²) in [6.45, 7) is 0.783. The summed E-state index contributed by atoms with van der Waals surface area (Å²) in [4.78, 5) is 2.39. The van der Waals surface area contributed by atoms with Crippen LogP contribution >= 0.6 is 11.3 Å². The number of furan rings is 1. The second-order valence-electron chi connectivity index (χ2n) is 11.4. The van der Waals surface area contributed by atoms with E-state index in [2.05, 4.69) is 156 Å². The third-order valence-electron chi connectivity index (χ3n) is 8.71. The van der Waals surface area contributed by atoms with Crippen molar-refractivity contribution in [2.75, 3.05) is 16.8 Å². The highest BCUT2D eigenvalue weighted by Crippen LogP contribution is 2.46. The zero-order valence-corrected chi connectivity index (χ0v) is 25.2. The number of benzene rings is 6. The summed E-state index contributed by atoms with van der Waals surface area (Å²) in [6.07, 6.45) is 4.31. The lowest BCUT2D eigenvalue weighted by Crippen LogP contribution is -2.10. The Bertz CT molecular complexity index is 2360. The monoisotopic (exact) mass is 596 g/mol. The van der Waals surface area contributed by atoms with Crippen LogP contribution in [0.25, 0.3) is 59.5 Å². The Labute approximate surface area is 265 Å². The molecule has 2 aromatic heterocycles. The highest BCUT2D eigenvalue weighted by Gasteiger charge is 2.20. The fourth-order valence-corrected chi connectivity index (χ4v) is 7.80. The van der Waals surface area contributed by atoms with Crippen LogP contribution in [0, 0.1) is 0 Å². The maximum Gasteiger partial charge on any atom is 0.201 e.